The average molecular weight is 1090 g/mol. The van der Waals surface area contributed by atoms with Gasteiger partial charge in [-0.25, -0.2) is 9.59 Å². The Kier molecular flexibility index (Phi) is 30.7. The van der Waals surface area contributed by atoms with Crippen LogP contribution < -0.4 is 37.6 Å². The Balaban J connectivity index is 1.99. The van der Waals surface area contributed by atoms with Crippen LogP contribution in [0.2, 0.25) is 0 Å². The quantitative estimate of drug-likeness (QED) is 0.0195. The van der Waals surface area contributed by atoms with Crippen molar-refractivity contribution in [1.29, 1.82) is 0 Å². The van der Waals surface area contributed by atoms with Gasteiger partial charge in [-0.1, -0.05) is 95.1 Å². The third-order valence-corrected chi connectivity index (χ3v) is 13.2. The Bertz CT molecular complexity index is 2230. The predicted octanol–water partition coefficient (Wildman–Crippen LogP) is 1.57. The van der Waals surface area contributed by atoms with Crippen LogP contribution in [0.3, 0.4) is 0 Å². The third kappa shape index (κ3) is 27.7. The Morgan fingerprint density at radius 2 is 1.21 bits per heavy atom. The molecule has 0 aromatic heterocycles. The van der Waals surface area contributed by atoms with Crippen molar-refractivity contribution in [3.05, 3.63) is 71.8 Å². The van der Waals surface area contributed by atoms with Gasteiger partial charge in [0, 0.05) is 56.9 Å². The first-order chi connectivity index (χ1) is 35.7. The van der Waals surface area contributed by atoms with Gasteiger partial charge < -0.3 is 62.8 Å². The van der Waals surface area contributed by atoms with Crippen LogP contribution in [0.15, 0.2) is 60.7 Å². The van der Waals surface area contributed by atoms with Gasteiger partial charge in [0.2, 0.25) is 23.6 Å². The van der Waals surface area contributed by atoms with Crippen LogP contribution in [0.4, 0.5) is 4.79 Å². The van der Waals surface area contributed by atoms with Crippen LogP contribution in [0.25, 0.3) is 0 Å². The van der Waals surface area contributed by atoms with E-state index in [2.05, 4.69) is 36.6 Å². The summed E-state index contributed by atoms with van der Waals surface area (Å²) in [5.41, 5.74) is 7.54. The summed E-state index contributed by atoms with van der Waals surface area (Å²) in [5, 5.41) is 52.0. The summed E-state index contributed by atoms with van der Waals surface area (Å²) in [5.74, 6) is -11.2. The fraction of sp³-hybridized carbons (Fsp3) is 0.510. The van der Waals surface area contributed by atoms with Gasteiger partial charge in [-0.05, 0) is 49.5 Å². The van der Waals surface area contributed by atoms with E-state index in [1.54, 1.807) is 66.9 Å². The average Bonchev–Trinajstić information content (AvgIpc) is 3.36. The molecule has 26 heteroatoms. The van der Waals surface area contributed by atoms with Crippen molar-refractivity contribution in [3.63, 3.8) is 0 Å². The molecule has 12 N–H and O–H groups in total. The Labute approximate surface area is 441 Å². The normalized spacial score (nSPS) is 13.6. The Morgan fingerprint density at radius 3 is 1.80 bits per heavy atom. The second kappa shape index (κ2) is 36.0. The second-order valence-electron chi connectivity index (χ2n) is 17.2. The van der Waals surface area contributed by atoms with Gasteiger partial charge in [-0.15, -0.1) is 0 Å². The number of hydrogen-bond donors (Lipinski definition) is 11. The number of amides is 6. The first-order valence-corrected chi connectivity index (χ1v) is 26.7. The number of carboxylic acid groups (broad SMARTS) is 4. The number of Topliss-reactive ketones (excluding diaryl/α,β-unsaturated/α-hetero) is 2. The molecule has 0 saturated heterocycles. The molecule has 7 atom stereocenters. The number of nitrogens with one attached hydrogen (secondary N) is 6. The van der Waals surface area contributed by atoms with E-state index in [0.29, 0.717) is 31.2 Å². The van der Waals surface area contributed by atoms with Gasteiger partial charge in [0.25, 0.3) is 6.47 Å². The molecule has 0 aliphatic rings. The molecule has 0 aliphatic heterocycles. The van der Waals surface area contributed by atoms with E-state index in [-0.39, 0.29) is 63.7 Å². The van der Waals surface area contributed by atoms with E-state index in [9.17, 15) is 72.9 Å². The lowest BCUT2D eigenvalue weighted by molar-refractivity contribution is -0.144. The van der Waals surface area contributed by atoms with Crippen molar-refractivity contribution in [2.45, 2.75) is 120 Å². The largest absolute Gasteiger partial charge is 0.481 e. The number of rotatable bonds is 40. The highest BCUT2D eigenvalue weighted by molar-refractivity contribution is 8.76. The molecule has 6 amide bonds. The van der Waals surface area contributed by atoms with Gasteiger partial charge in [0.05, 0.1) is 30.8 Å². The number of benzene rings is 2. The lowest BCUT2D eigenvalue weighted by atomic mass is 9.89. The number of aliphatic carboxylic acids is 4. The van der Waals surface area contributed by atoms with E-state index in [4.69, 9.17) is 10.8 Å². The van der Waals surface area contributed by atoms with Crippen LogP contribution in [-0.4, -0.2) is 147 Å². The molecule has 0 heterocycles. The van der Waals surface area contributed by atoms with Crippen LogP contribution in [0, 0.1) is 11.8 Å². The highest BCUT2D eigenvalue weighted by atomic mass is 33.1. The van der Waals surface area contributed by atoms with E-state index in [1.807, 2.05) is 0 Å². The van der Waals surface area contributed by atoms with Crippen molar-refractivity contribution in [1.82, 2.24) is 31.9 Å². The van der Waals surface area contributed by atoms with Crippen LogP contribution in [-0.2, 0) is 70.3 Å². The predicted molar refractivity (Wildman–Crippen MR) is 273 cm³/mol. The lowest BCUT2D eigenvalue weighted by Crippen LogP contribution is -2.53. The van der Waals surface area contributed by atoms with Crippen molar-refractivity contribution in [2.24, 2.45) is 17.6 Å². The lowest BCUT2D eigenvalue weighted by Gasteiger charge is -2.23. The SMILES string of the molecule is CSSC[C@H](CC(=O)[C@H](CC(=O)O)NC(=O)[C@@H](N)CNC(=O)[C@@H](CC(=O)[C@H](Cc1ccccc1)NC(=O)CCCCCCNC(=O)CC[C@H](NC(=O)N[C@@H](CCC(=O)O)OC=O)C(=O)O)Cc1ccccc1)C(=O)O. The van der Waals surface area contributed by atoms with Crippen molar-refractivity contribution in [3.8, 4) is 0 Å². The zero-order valence-corrected chi connectivity index (χ0v) is 43.0. The molecule has 24 nitrogen and oxygen atoms in total. The van der Waals surface area contributed by atoms with Gasteiger partial charge in [0.1, 0.15) is 12.1 Å². The number of carboxylic acids is 4. The van der Waals surface area contributed by atoms with Gasteiger partial charge in [-0.3, -0.25) is 47.9 Å². The molecule has 2 aromatic carbocycles. The fourth-order valence-electron chi connectivity index (χ4n) is 7.26. The molecule has 0 radical (unpaired) electrons. The van der Waals surface area contributed by atoms with E-state index < -0.39 is 133 Å². The van der Waals surface area contributed by atoms with Gasteiger partial charge >= 0.3 is 29.9 Å². The summed E-state index contributed by atoms with van der Waals surface area (Å²) < 4.78 is 4.61. The Hall–Kier alpha value is -7.06. The number of carbonyl (C=O) groups excluding carboxylic acids is 8. The molecule has 75 heavy (non-hydrogen) atoms. The third-order valence-electron chi connectivity index (χ3n) is 11.3. The molecular formula is C49H67N7O17S2. The summed E-state index contributed by atoms with van der Waals surface area (Å²) in [6.07, 6.45) is -0.236. The summed E-state index contributed by atoms with van der Waals surface area (Å²) in [7, 11) is 2.49. The summed E-state index contributed by atoms with van der Waals surface area (Å²) in [4.78, 5) is 149. The van der Waals surface area contributed by atoms with Crippen molar-refractivity contribution >= 4 is 93.2 Å². The smallest absolute Gasteiger partial charge is 0.326 e. The first kappa shape index (κ1) is 64.1. The van der Waals surface area contributed by atoms with Gasteiger partial charge in [-0.2, -0.15) is 0 Å². The maximum Gasteiger partial charge on any atom is 0.326 e. The molecule has 0 unspecified atom stereocenters. The minimum atomic E-state index is -1.59. The monoisotopic (exact) mass is 1090 g/mol. The number of urea groups is 1. The molecule has 2 rings (SSSR count). The number of carbonyl (C=O) groups is 12. The molecule has 0 aliphatic carbocycles. The maximum atomic E-state index is 14.1. The summed E-state index contributed by atoms with van der Waals surface area (Å²) in [6, 6.07) is 11.0. The Morgan fingerprint density at radius 1 is 0.600 bits per heavy atom. The van der Waals surface area contributed by atoms with Crippen molar-refractivity contribution < 1.29 is 82.7 Å². The molecule has 0 saturated carbocycles. The maximum absolute atomic E-state index is 14.1. The van der Waals surface area contributed by atoms with Crippen molar-refractivity contribution in [2.75, 3.05) is 25.1 Å². The number of unbranched alkanes of at least 4 members (excludes halogenated alkanes) is 3. The number of ketones is 2. The molecule has 0 fully saturated rings. The summed E-state index contributed by atoms with van der Waals surface area (Å²) >= 11 is 0. The highest BCUT2D eigenvalue weighted by Crippen LogP contribution is 2.23. The molecule has 0 spiro atoms. The van der Waals surface area contributed by atoms with E-state index in [1.165, 1.54) is 21.6 Å². The van der Waals surface area contributed by atoms with E-state index in [0.717, 1.165) is 5.56 Å². The second-order valence-corrected chi connectivity index (χ2v) is 19.9. The van der Waals surface area contributed by atoms with Crippen LogP contribution >= 0.6 is 21.6 Å². The zero-order chi connectivity index (χ0) is 55.7. The summed E-state index contributed by atoms with van der Waals surface area (Å²) in [6.45, 7) is -0.244. The molecular weight excluding hydrogens is 1020 g/mol. The molecule has 412 valence electrons. The highest BCUT2D eigenvalue weighted by Gasteiger charge is 2.32. The molecule has 0 bridgehead atoms. The minimum Gasteiger partial charge on any atom is -0.481 e. The van der Waals surface area contributed by atoms with Crippen LogP contribution in [0.5, 0.6) is 0 Å². The number of nitrogens with two attached hydrogens (primary N) is 1. The minimum absolute atomic E-state index is 0.00136. The van der Waals surface area contributed by atoms with Gasteiger partial charge in [0.15, 0.2) is 17.8 Å². The number of hydrogen-bond acceptors (Lipinski definition) is 16. The topological polar surface area (TPSA) is 393 Å². The van der Waals surface area contributed by atoms with Crippen LogP contribution in [0.1, 0.15) is 88.2 Å². The zero-order valence-electron chi connectivity index (χ0n) is 41.4. The molecule has 2 aromatic rings. The fourth-order valence-corrected chi connectivity index (χ4v) is 8.72. The first-order valence-electron chi connectivity index (χ1n) is 24.0. The number of ether oxygens (including phenoxy) is 1. The standard InChI is InChI=1S/C49H67N7O17S2/c1-74-75-28-33(47(68)69)25-39(59)37(26-44(64)65)54-46(67)34(50)27-52-45(66)32(22-30-12-6-4-7-13-30)24-38(58)36(23-31-14-8-5-9-15-31)53-41(61)16-10-2-3-11-21-51-40(60)18-17-35(48(70)71)55-49(72)56-42(73-29-57)19-20-43(62)63/h4-9,12-15,29,32-37,42H,2-3,10-11,16-28,50H2,1H3,(H,51,60)(H,52,66)(H,53,61)(H,54,67)(H,62,63)(H,64,65)(H,68,69)(H,70,71)(H2,55,56,72)/t32-,33+,34+,35+,36+,37+,42-/m1/s1. The van der Waals surface area contributed by atoms with E-state index >= 15 is 0 Å².